The first-order chi connectivity index (χ1) is 13.6. The fraction of sp³-hybridized carbons (Fsp3) is 0.300. The zero-order chi connectivity index (χ0) is 19.9. The number of likely N-dealkylation sites (N-methyl/N-ethyl adjacent to an activating group) is 1. The summed E-state index contributed by atoms with van der Waals surface area (Å²) in [6.07, 6.45) is 1.35. The van der Waals surface area contributed by atoms with Crippen molar-refractivity contribution in [2.45, 2.75) is 26.2 Å². The summed E-state index contributed by atoms with van der Waals surface area (Å²) in [6, 6.07) is 9.54. The van der Waals surface area contributed by atoms with Crippen molar-refractivity contribution < 1.29 is 14.0 Å². The molecular formula is C20H22N4O3S. The number of amides is 2. The second-order valence-corrected chi connectivity index (χ2v) is 7.10. The van der Waals surface area contributed by atoms with Gasteiger partial charge in [-0.15, -0.1) is 10.2 Å². The smallest absolute Gasteiger partial charge is 0.248 e. The van der Waals surface area contributed by atoms with Crippen LogP contribution in [0.25, 0.3) is 11.5 Å². The molecule has 8 heteroatoms. The van der Waals surface area contributed by atoms with E-state index in [1.54, 1.807) is 18.4 Å². The van der Waals surface area contributed by atoms with E-state index in [9.17, 15) is 9.59 Å². The number of para-hydroxylation sites is 1. The number of aromatic nitrogens is 2. The van der Waals surface area contributed by atoms with Crippen LogP contribution in [0.5, 0.6) is 0 Å². The molecule has 0 bridgehead atoms. The minimum absolute atomic E-state index is 0.0130. The number of carbonyl (C=O) groups is 2. The highest BCUT2D eigenvalue weighted by molar-refractivity contribution is 7.08. The number of rotatable bonds is 8. The lowest BCUT2D eigenvalue weighted by atomic mass is 10.1. The molecule has 0 atom stereocenters. The van der Waals surface area contributed by atoms with Gasteiger partial charge in [-0.25, -0.2) is 0 Å². The van der Waals surface area contributed by atoms with Crippen LogP contribution in [0.15, 0.2) is 45.5 Å². The van der Waals surface area contributed by atoms with E-state index in [4.69, 9.17) is 4.42 Å². The van der Waals surface area contributed by atoms with E-state index >= 15 is 0 Å². The number of thiophene rings is 1. The molecule has 2 aromatic heterocycles. The maximum absolute atomic E-state index is 12.3. The molecule has 0 spiro atoms. The van der Waals surface area contributed by atoms with Gasteiger partial charge in [0, 0.05) is 36.5 Å². The Balaban J connectivity index is 1.48. The molecule has 0 saturated heterocycles. The molecule has 2 amide bonds. The summed E-state index contributed by atoms with van der Waals surface area (Å²) in [5.74, 6) is 0.471. The molecule has 1 aromatic carbocycles. The van der Waals surface area contributed by atoms with E-state index in [1.165, 1.54) is 4.90 Å². The SMILES string of the molecule is CCc1ccccc1NC(=O)CN(C)C(=O)CCc1nnc(-c2ccsc2)o1. The summed E-state index contributed by atoms with van der Waals surface area (Å²) >= 11 is 1.55. The highest BCUT2D eigenvalue weighted by Gasteiger charge is 2.16. The lowest BCUT2D eigenvalue weighted by Crippen LogP contribution is -2.35. The Bertz CT molecular complexity index is 937. The number of anilines is 1. The summed E-state index contributed by atoms with van der Waals surface area (Å²) in [6.45, 7) is 2.02. The third kappa shape index (κ3) is 5.04. The van der Waals surface area contributed by atoms with E-state index in [1.807, 2.05) is 48.0 Å². The van der Waals surface area contributed by atoms with Crippen LogP contribution in [-0.4, -0.2) is 40.5 Å². The van der Waals surface area contributed by atoms with Gasteiger partial charge in [0.25, 0.3) is 0 Å². The first kappa shape index (κ1) is 19.8. The maximum Gasteiger partial charge on any atom is 0.248 e. The molecule has 0 saturated carbocycles. The van der Waals surface area contributed by atoms with Crippen LogP contribution >= 0.6 is 11.3 Å². The standard InChI is InChI=1S/C20H22N4O3S/c1-3-14-6-4-5-7-16(14)21-17(25)12-24(2)19(26)9-8-18-22-23-20(27-18)15-10-11-28-13-15/h4-7,10-11,13H,3,8-9,12H2,1-2H3,(H,21,25). The monoisotopic (exact) mass is 398 g/mol. The normalized spacial score (nSPS) is 10.6. The van der Waals surface area contributed by atoms with Gasteiger partial charge in [-0.1, -0.05) is 25.1 Å². The lowest BCUT2D eigenvalue weighted by molar-refractivity contribution is -0.133. The maximum atomic E-state index is 12.3. The molecule has 1 N–H and O–H groups in total. The molecule has 146 valence electrons. The number of benzene rings is 1. The van der Waals surface area contributed by atoms with Crippen molar-refractivity contribution in [2.75, 3.05) is 18.9 Å². The fourth-order valence-corrected chi connectivity index (χ4v) is 3.34. The molecule has 7 nitrogen and oxygen atoms in total. The number of hydrogen-bond acceptors (Lipinski definition) is 6. The van der Waals surface area contributed by atoms with Crippen molar-refractivity contribution in [2.24, 2.45) is 0 Å². The number of carbonyl (C=O) groups excluding carboxylic acids is 2. The highest BCUT2D eigenvalue weighted by Crippen LogP contribution is 2.21. The Hall–Kier alpha value is -3.00. The minimum atomic E-state index is -0.228. The van der Waals surface area contributed by atoms with Gasteiger partial charge in [-0.2, -0.15) is 11.3 Å². The van der Waals surface area contributed by atoms with Crippen LogP contribution in [0.4, 0.5) is 5.69 Å². The van der Waals surface area contributed by atoms with E-state index < -0.39 is 0 Å². The molecule has 0 aliphatic rings. The summed E-state index contributed by atoms with van der Waals surface area (Å²) in [4.78, 5) is 26.0. The van der Waals surface area contributed by atoms with Crippen LogP contribution in [0.2, 0.25) is 0 Å². The summed E-state index contributed by atoms with van der Waals surface area (Å²) < 4.78 is 5.58. The Morgan fingerprint density at radius 2 is 2.04 bits per heavy atom. The van der Waals surface area contributed by atoms with E-state index in [2.05, 4.69) is 15.5 Å². The van der Waals surface area contributed by atoms with Gasteiger partial charge in [0.1, 0.15) is 0 Å². The summed E-state index contributed by atoms with van der Waals surface area (Å²) in [7, 11) is 1.61. The molecule has 28 heavy (non-hydrogen) atoms. The van der Waals surface area contributed by atoms with Crippen LogP contribution in [0, 0.1) is 0 Å². The van der Waals surface area contributed by atoms with Crippen molar-refractivity contribution in [3.63, 3.8) is 0 Å². The Morgan fingerprint density at radius 3 is 2.79 bits per heavy atom. The van der Waals surface area contributed by atoms with Crippen LogP contribution in [0.1, 0.15) is 24.8 Å². The van der Waals surface area contributed by atoms with Crippen LogP contribution in [0.3, 0.4) is 0 Å². The molecule has 0 unspecified atom stereocenters. The molecule has 3 aromatic rings. The van der Waals surface area contributed by atoms with Gasteiger partial charge in [0.15, 0.2) is 0 Å². The van der Waals surface area contributed by atoms with Gasteiger partial charge in [-0.05, 0) is 29.5 Å². The van der Waals surface area contributed by atoms with E-state index in [-0.39, 0.29) is 24.8 Å². The van der Waals surface area contributed by atoms with E-state index in [0.717, 1.165) is 23.2 Å². The largest absolute Gasteiger partial charge is 0.421 e. The van der Waals surface area contributed by atoms with Crippen molar-refractivity contribution >= 4 is 28.8 Å². The molecule has 0 aliphatic heterocycles. The first-order valence-corrected chi connectivity index (χ1v) is 9.97. The van der Waals surface area contributed by atoms with Crippen molar-refractivity contribution in [1.82, 2.24) is 15.1 Å². The molecule has 0 radical (unpaired) electrons. The average Bonchev–Trinajstić information content (AvgIpc) is 3.38. The highest BCUT2D eigenvalue weighted by atomic mass is 32.1. The number of hydrogen-bond donors (Lipinski definition) is 1. The molecule has 0 fully saturated rings. The lowest BCUT2D eigenvalue weighted by Gasteiger charge is -2.17. The predicted molar refractivity (Wildman–Crippen MR) is 108 cm³/mol. The summed E-state index contributed by atoms with van der Waals surface area (Å²) in [5.41, 5.74) is 2.71. The van der Waals surface area contributed by atoms with Crippen LogP contribution in [-0.2, 0) is 22.4 Å². The number of nitrogens with one attached hydrogen (secondary N) is 1. The zero-order valence-electron chi connectivity index (χ0n) is 15.8. The molecule has 3 rings (SSSR count). The fourth-order valence-electron chi connectivity index (χ4n) is 2.71. The van der Waals surface area contributed by atoms with Gasteiger partial charge < -0.3 is 14.6 Å². The third-order valence-electron chi connectivity index (χ3n) is 4.27. The minimum Gasteiger partial charge on any atom is -0.421 e. The topological polar surface area (TPSA) is 88.3 Å². The Labute approximate surface area is 167 Å². The second kappa shape index (κ2) is 9.27. The summed E-state index contributed by atoms with van der Waals surface area (Å²) in [5, 5.41) is 14.7. The number of aryl methyl sites for hydroxylation is 2. The van der Waals surface area contributed by atoms with Gasteiger partial charge in [0.05, 0.1) is 6.54 Å². The second-order valence-electron chi connectivity index (χ2n) is 6.32. The van der Waals surface area contributed by atoms with Crippen molar-refractivity contribution in [3.05, 3.63) is 52.5 Å². The molecular weight excluding hydrogens is 376 g/mol. The average molecular weight is 398 g/mol. The van der Waals surface area contributed by atoms with Crippen molar-refractivity contribution in [3.8, 4) is 11.5 Å². The van der Waals surface area contributed by atoms with Crippen LogP contribution < -0.4 is 5.32 Å². The van der Waals surface area contributed by atoms with Crippen molar-refractivity contribution in [1.29, 1.82) is 0 Å². The number of nitrogens with zero attached hydrogens (tertiary/aromatic N) is 3. The van der Waals surface area contributed by atoms with Gasteiger partial charge in [0.2, 0.25) is 23.6 Å². The molecule has 2 heterocycles. The third-order valence-corrected chi connectivity index (χ3v) is 4.95. The van der Waals surface area contributed by atoms with Gasteiger partial charge >= 0.3 is 0 Å². The predicted octanol–water partition coefficient (Wildman–Crippen LogP) is 3.39. The quantitative estimate of drug-likeness (QED) is 0.628. The first-order valence-electron chi connectivity index (χ1n) is 9.03. The van der Waals surface area contributed by atoms with E-state index in [0.29, 0.717) is 18.2 Å². The Morgan fingerprint density at radius 1 is 1.21 bits per heavy atom. The van der Waals surface area contributed by atoms with Gasteiger partial charge in [-0.3, -0.25) is 9.59 Å². The Kier molecular flexibility index (Phi) is 6.54. The zero-order valence-corrected chi connectivity index (χ0v) is 16.7. The molecule has 0 aliphatic carbocycles.